The summed E-state index contributed by atoms with van der Waals surface area (Å²) in [7, 11) is 2.76. The predicted molar refractivity (Wildman–Crippen MR) is 87.4 cm³/mol. The number of rotatable bonds is 7. The van der Waals surface area contributed by atoms with E-state index in [0.717, 1.165) is 15.5 Å². The van der Waals surface area contributed by atoms with E-state index in [0.29, 0.717) is 0 Å². The van der Waals surface area contributed by atoms with E-state index in [-0.39, 0.29) is 22.8 Å². The zero-order valence-electron chi connectivity index (χ0n) is 15.0. The third kappa shape index (κ3) is 3.84. The average molecular weight is 366 g/mol. The van der Waals surface area contributed by atoms with Crippen LogP contribution in [0.15, 0.2) is 16.9 Å². The number of hydrogen-bond donors (Lipinski definition) is 0. The summed E-state index contributed by atoms with van der Waals surface area (Å²) < 4.78 is 32.1. The molecule has 140 valence electrons. The van der Waals surface area contributed by atoms with Crippen molar-refractivity contribution in [2.75, 3.05) is 14.2 Å². The Kier molecular flexibility index (Phi) is 5.97. The smallest absolute Gasteiger partial charge is 0.384 e. The van der Waals surface area contributed by atoms with Gasteiger partial charge in [-0.3, -0.25) is 0 Å². The van der Waals surface area contributed by atoms with E-state index in [4.69, 9.17) is 19.0 Å². The molecule has 2 aromatic rings. The van der Waals surface area contributed by atoms with Gasteiger partial charge >= 0.3 is 5.69 Å². The molecule has 0 amide bonds. The van der Waals surface area contributed by atoms with Crippen LogP contribution in [0.3, 0.4) is 0 Å². The van der Waals surface area contributed by atoms with Gasteiger partial charge in [-0.1, -0.05) is 0 Å². The van der Waals surface area contributed by atoms with E-state index >= 15 is 0 Å². The third-order valence-electron chi connectivity index (χ3n) is 3.48. The first-order valence-corrected chi connectivity index (χ1v) is 7.64. The Balaban J connectivity index is 2.47. The number of nitrogens with zero attached hydrogens (tertiary/aromatic N) is 4. The molecule has 9 nitrogen and oxygen atoms in total. The summed E-state index contributed by atoms with van der Waals surface area (Å²) in [6.45, 7) is 4.79. The molecule has 2 atom stereocenters. The van der Waals surface area contributed by atoms with Crippen molar-refractivity contribution in [2.45, 2.75) is 33.4 Å². The van der Waals surface area contributed by atoms with Gasteiger partial charge in [-0.2, -0.15) is 9.94 Å². The van der Waals surface area contributed by atoms with Crippen molar-refractivity contribution in [2.24, 2.45) is 0 Å². The molecule has 1 aromatic carbocycles. The largest absolute Gasteiger partial charge is 0.464 e. The topological polar surface area (TPSA) is 101 Å². The molecule has 2 rings (SSSR count). The van der Waals surface area contributed by atoms with Gasteiger partial charge in [0.2, 0.25) is 0 Å². The van der Waals surface area contributed by atoms with Crippen LogP contribution in [0.2, 0.25) is 0 Å². The number of aryl methyl sites for hydroxylation is 1. The van der Waals surface area contributed by atoms with Crippen molar-refractivity contribution in [1.82, 2.24) is 14.5 Å². The van der Waals surface area contributed by atoms with Crippen molar-refractivity contribution in [3.8, 4) is 17.5 Å². The molecule has 0 spiro atoms. The molecule has 10 heteroatoms. The number of aromatic nitrogens is 3. The van der Waals surface area contributed by atoms with E-state index in [1.54, 1.807) is 13.8 Å². The van der Waals surface area contributed by atoms with Crippen LogP contribution in [0, 0.1) is 24.1 Å². The molecule has 0 aliphatic heterocycles. The molecule has 0 bridgehead atoms. The number of nitriles is 1. The quantitative estimate of drug-likeness (QED) is 0.678. The molecular formula is C16H19FN4O5. The van der Waals surface area contributed by atoms with E-state index in [2.05, 4.69) is 5.10 Å². The maximum atomic E-state index is 14.4. The molecule has 0 fully saturated rings. The summed E-state index contributed by atoms with van der Waals surface area (Å²) in [4.78, 5) is 17.2. The molecule has 0 saturated heterocycles. The molecular weight excluding hydrogens is 347 g/mol. The fourth-order valence-electron chi connectivity index (χ4n) is 2.24. The van der Waals surface area contributed by atoms with E-state index in [1.807, 2.05) is 6.07 Å². The minimum absolute atomic E-state index is 0.0382. The van der Waals surface area contributed by atoms with Gasteiger partial charge in [0.05, 0.1) is 5.56 Å². The van der Waals surface area contributed by atoms with Crippen molar-refractivity contribution in [3.63, 3.8) is 0 Å². The van der Waals surface area contributed by atoms with Crippen LogP contribution >= 0.6 is 0 Å². The fraction of sp³-hybridized carbons (Fsp3) is 0.438. The molecule has 0 aliphatic rings. The second-order valence-corrected chi connectivity index (χ2v) is 5.26. The molecule has 0 saturated carbocycles. The maximum Gasteiger partial charge on any atom is 0.384 e. The lowest BCUT2D eigenvalue weighted by Gasteiger charge is -2.20. The summed E-state index contributed by atoms with van der Waals surface area (Å²) in [5.74, 6) is -0.541. The van der Waals surface area contributed by atoms with Crippen molar-refractivity contribution >= 4 is 0 Å². The molecule has 0 N–H and O–H groups in total. The highest BCUT2D eigenvalue weighted by molar-refractivity contribution is 5.51. The zero-order valence-corrected chi connectivity index (χ0v) is 15.0. The third-order valence-corrected chi connectivity index (χ3v) is 3.48. The summed E-state index contributed by atoms with van der Waals surface area (Å²) in [5, 5.41) is 13.2. The zero-order chi connectivity index (χ0) is 19.4. The predicted octanol–water partition coefficient (Wildman–Crippen LogP) is 1.15. The van der Waals surface area contributed by atoms with Gasteiger partial charge < -0.3 is 19.0 Å². The van der Waals surface area contributed by atoms with Crippen LogP contribution in [0.25, 0.3) is 5.69 Å². The van der Waals surface area contributed by atoms with E-state index in [9.17, 15) is 14.4 Å². The monoisotopic (exact) mass is 366 g/mol. The normalized spacial score (nSPS) is 13.1. The van der Waals surface area contributed by atoms with Crippen molar-refractivity contribution in [3.05, 3.63) is 39.8 Å². The Morgan fingerprint density at radius 2 is 1.96 bits per heavy atom. The molecule has 1 heterocycles. The van der Waals surface area contributed by atoms with Crippen LogP contribution in [0.1, 0.15) is 25.2 Å². The van der Waals surface area contributed by atoms with Crippen LogP contribution in [-0.4, -0.2) is 41.3 Å². The molecule has 2 unspecified atom stereocenters. The number of ether oxygens (including phenoxy) is 3. The number of halogens is 1. The first kappa shape index (κ1) is 19.4. The van der Waals surface area contributed by atoms with E-state index < -0.39 is 24.1 Å². The Labute approximate surface area is 149 Å². The number of benzene rings is 1. The van der Waals surface area contributed by atoms with Gasteiger partial charge in [0, 0.05) is 13.2 Å². The fourth-order valence-corrected chi connectivity index (χ4v) is 2.24. The SMILES string of the molecule is COC(C)OC(C)Oc1cc(-n2nc(C)n(OC)c2=O)c(F)cc1C#N. The van der Waals surface area contributed by atoms with Crippen molar-refractivity contribution in [1.29, 1.82) is 5.26 Å². The van der Waals surface area contributed by atoms with Gasteiger partial charge in [0.15, 0.2) is 24.2 Å². The first-order valence-electron chi connectivity index (χ1n) is 7.64. The summed E-state index contributed by atoms with van der Waals surface area (Å²) in [5.41, 5.74) is -0.936. The minimum atomic E-state index is -0.810. The maximum absolute atomic E-state index is 14.4. The lowest BCUT2D eigenvalue weighted by atomic mass is 10.2. The van der Waals surface area contributed by atoms with Gasteiger partial charge in [0.1, 0.15) is 24.6 Å². The highest BCUT2D eigenvalue weighted by Crippen LogP contribution is 2.26. The number of hydrogen-bond acceptors (Lipinski definition) is 7. The molecule has 26 heavy (non-hydrogen) atoms. The van der Waals surface area contributed by atoms with Gasteiger partial charge in [-0.25, -0.2) is 9.18 Å². The summed E-state index contributed by atoms with van der Waals surface area (Å²) >= 11 is 0. The first-order chi connectivity index (χ1) is 12.3. The number of methoxy groups -OCH3 is 1. The molecule has 1 aromatic heterocycles. The molecule has 0 radical (unpaired) electrons. The van der Waals surface area contributed by atoms with Gasteiger partial charge in [-0.05, 0) is 26.8 Å². The Morgan fingerprint density at radius 1 is 1.27 bits per heavy atom. The van der Waals surface area contributed by atoms with Crippen LogP contribution in [0.4, 0.5) is 4.39 Å². The van der Waals surface area contributed by atoms with Gasteiger partial charge in [-0.15, -0.1) is 9.83 Å². The lowest BCUT2D eigenvalue weighted by molar-refractivity contribution is -0.193. The van der Waals surface area contributed by atoms with Crippen LogP contribution in [-0.2, 0) is 9.47 Å². The second kappa shape index (κ2) is 7.99. The summed E-state index contributed by atoms with van der Waals surface area (Å²) in [6, 6.07) is 4.01. The Hall–Kier alpha value is -2.90. The van der Waals surface area contributed by atoms with Crippen LogP contribution in [0.5, 0.6) is 5.75 Å². The standard InChI is InChI=1S/C16H19FN4O5/c1-9-19-20(16(22)21(9)24-5)14-7-15(12(8-18)6-13(14)17)26-11(3)25-10(2)23-4/h6-7,10-11H,1-5H3. The van der Waals surface area contributed by atoms with E-state index in [1.165, 1.54) is 27.2 Å². The second-order valence-electron chi connectivity index (χ2n) is 5.26. The minimum Gasteiger partial charge on any atom is -0.464 e. The Morgan fingerprint density at radius 3 is 2.50 bits per heavy atom. The average Bonchev–Trinajstić information content (AvgIpc) is 2.89. The summed E-state index contributed by atoms with van der Waals surface area (Å²) in [6.07, 6.45) is -1.33. The van der Waals surface area contributed by atoms with Crippen molar-refractivity contribution < 1.29 is 23.4 Å². The van der Waals surface area contributed by atoms with Crippen LogP contribution < -0.4 is 15.3 Å². The highest BCUT2D eigenvalue weighted by Gasteiger charge is 2.20. The lowest BCUT2D eigenvalue weighted by Crippen LogP contribution is -2.28. The Bertz CT molecular complexity index is 886. The van der Waals surface area contributed by atoms with Gasteiger partial charge in [0.25, 0.3) is 0 Å². The molecule has 0 aliphatic carbocycles. The highest BCUT2D eigenvalue weighted by atomic mass is 19.1.